The van der Waals surface area contributed by atoms with Gasteiger partial charge in [-0.15, -0.1) is 0 Å². The Morgan fingerprint density at radius 2 is 1.84 bits per heavy atom. The van der Waals surface area contributed by atoms with Crippen LogP contribution in [0.15, 0.2) is 54.7 Å². The van der Waals surface area contributed by atoms with Gasteiger partial charge in [-0.1, -0.05) is 18.2 Å². The number of aromatic nitrogens is 1. The van der Waals surface area contributed by atoms with E-state index >= 15 is 0 Å². The lowest BCUT2D eigenvalue weighted by atomic mass is 10.0. The zero-order valence-electron chi connectivity index (χ0n) is 20.6. The first-order chi connectivity index (χ1) is 17.8. The Balaban J connectivity index is 1.35. The van der Waals surface area contributed by atoms with E-state index in [1.165, 1.54) is 24.3 Å². The van der Waals surface area contributed by atoms with E-state index in [0.29, 0.717) is 19.6 Å². The van der Waals surface area contributed by atoms with Crippen molar-refractivity contribution in [3.63, 3.8) is 0 Å². The van der Waals surface area contributed by atoms with Gasteiger partial charge >= 0.3 is 0 Å². The van der Waals surface area contributed by atoms with Gasteiger partial charge in [-0.2, -0.15) is 0 Å². The number of nitro benzene ring substituents is 1. The number of hydrogen-bond donors (Lipinski definition) is 2. The first-order valence-electron chi connectivity index (χ1n) is 12.5. The van der Waals surface area contributed by atoms with Gasteiger partial charge in [0.25, 0.3) is 11.6 Å². The largest absolute Gasteiger partial charge is 0.361 e. The molecule has 192 valence electrons. The number of piperazine rings is 1. The van der Waals surface area contributed by atoms with Crippen molar-refractivity contribution in [2.24, 2.45) is 5.92 Å². The van der Waals surface area contributed by atoms with Crippen LogP contribution in [-0.4, -0.2) is 69.1 Å². The van der Waals surface area contributed by atoms with Crippen LogP contribution in [0.25, 0.3) is 10.9 Å². The number of hydrogen-bond acceptors (Lipinski definition) is 5. The molecule has 1 aromatic heterocycles. The molecule has 3 aromatic rings. The second kappa shape index (κ2) is 10.0. The number of H-pyrrole nitrogens is 1. The van der Waals surface area contributed by atoms with Crippen molar-refractivity contribution < 1.29 is 19.3 Å². The summed E-state index contributed by atoms with van der Waals surface area (Å²) in [6.45, 7) is 3.22. The molecule has 1 aliphatic carbocycles. The lowest BCUT2D eigenvalue weighted by molar-refractivity contribution is -0.384. The number of para-hydroxylation sites is 1. The van der Waals surface area contributed by atoms with E-state index in [1.807, 2.05) is 42.3 Å². The maximum Gasteiger partial charge on any atom is 0.269 e. The van der Waals surface area contributed by atoms with Crippen molar-refractivity contribution in [1.29, 1.82) is 0 Å². The molecule has 2 atom stereocenters. The second-order valence-electron chi connectivity index (χ2n) is 9.83. The number of carbonyl (C=O) groups is 3. The molecular formula is C27H29N5O5. The molecule has 0 spiro atoms. The van der Waals surface area contributed by atoms with Gasteiger partial charge in [0.15, 0.2) is 0 Å². The zero-order valence-corrected chi connectivity index (χ0v) is 20.6. The minimum Gasteiger partial charge on any atom is -0.361 e. The van der Waals surface area contributed by atoms with Crippen LogP contribution in [0, 0.1) is 16.0 Å². The van der Waals surface area contributed by atoms with Crippen molar-refractivity contribution in [2.45, 2.75) is 38.3 Å². The molecule has 2 fully saturated rings. The maximum atomic E-state index is 13.7. The minimum absolute atomic E-state index is 0.107. The number of fused-ring (bicyclic) bond motifs is 1. The number of benzene rings is 2. The second-order valence-corrected chi connectivity index (χ2v) is 9.83. The molecule has 10 nitrogen and oxygen atoms in total. The van der Waals surface area contributed by atoms with Crippen molar-refractivity contribution in [1.82, 2.24) is 20.1 Å². The van der Waals surface area contributed by atoms with Crippen molar-refractivity contribution in [2.75, 3.05) is 19.6 Å². The molecule has 37 heavy (non-hydrogen) atoms. The first-order valence-corrected chi connectivity index (χ1v) is 12.5. The highest BCUT2D eigenvalue weighted by molar-refractivity contribution is 5.98. The Labute approximate surface area is 213 Å². The number of aromatic amines is 1. The summed E-state index contributed by atoms with van der Waals surface area (Å²) in [6, 6.07) is 12.1. The third kappa shape index (κ3) is 5.18. The van der Waals surface area contributed by atoms with Crippen LogP contribution in [0.2, 0.25) is 0 Å². The molecule has 2 unspecified atom stereocenters. The fourth-order valence-electron chi connectivity index (χ4n) is 4.97. The van der Waals surface area contributed by atoms with Crippen LogP contribution >= 0.6 is 0 Å². The average Bonchev–Trinajstić information content (AvgIpc) is 3.68. The molecular weight excluding hydrogens is 474 g/mol. The molecule has 2 aromatic carbocycles. The molecule has 1 saturated heterocycles. The van der Waals surface area contributed by atoms with Crippen LogP contribution in [0.1, 0.15) is 35.7 Å². The third-order valence-electron chi connectivity index (χ3n) is 7.19. The number of non-ortho nitro benzene ring substituents is 1. The summed E-state index contributed by atoms with van der Waals surface area (Å²) in [5.74, 6) is -0.406. The summed E-state index contributed by atoms with van der Waals surface area (Å²) in [5, 5.41) is 14.8. The number of nitrogens with zero attached hydrogens (tertiary/aromatic N) is 3. The van der Waals surface area contributed by atoms with Gasteiger partial charge in [0.05, 0.1) is 4.92 Å². The maximum absolute atomic E-state index is 13.7. The molecule has 2 heterocycles. The molecule has 5 rings (SSSR count). The smallest absolute Gasteiger partial charge is 0.269 e. The van der Waals surface area contributed by atoms with E-state index in [4.69, 9.17) is 0 Å². The number of nitrogens with one attached hydrogen (secondary N) is 2. The Morgan fingerprint density at radius 1 is 1.11 bits per heavy atom. The molecule has 10 heteroatoms. The molecule has 2 N–H and O–H groups in total. The average molecular weight is 504 g/mol. The van der Waals surface area contributed by atoms with E-state index in [1.54, 1.807) is 4.90 Å². The number of nitro groups is 1. The van der Waals surface area contributed by atoms with E-state index in [2.05, 4.69) is 10.3 Å². The third-order valence-corrected chi connectivity index (χ3v) is 7.19. The highest BCUT2D eigenvalue weighted by atomic mass is 16.6. The fourth-order valence-corrected chi connectivity index (χ4v) is 4.97. The number of rotatable bonds is 7. The van der Waals surface area contributed by atoms with E-state index in [9.17, 15) is 24.5 Å². The van der Waals surface area contributed by atoms with Crippen molar-refractivity contribution in [3.8, 4) is 0 Å². The number of carbonyl (C=O) groups excluding carboxylic acids is 3. The summed E-state index contributed by atoms with van der Waals surface area (Å²) >= 11 is 0. The van der Waals surface area contributed by atoms with Crippen LogP contribution in [0.4, 0.5) is 5.69 Å². The Hall–Kier alpha value is -4.21. The molecule has 1 aliphatic heterocycles. The highest BCUT2D eigenvalue weighted by Crippen LogP contribution is 2.32. The van der Waals surface area contributed by atoms with Gasteiger partial charge in [0, 0.05) is 72.8 Å². The minimum atomic E-state index is -0.847. The van der Waals surface area contributed by atoms with E-state index in [-0.39, 0.29) is 41.4 Å². The molecule has 3 amide bonds. The van der Waals surface area contributed by atoms with Gasteiger partial charge in [-0.25, -0.2) is 0 Å². The van der Waals surface area contributed by atoms with E-state index in [0.717, 1.165) is 29.3 Å². The van der Waals surface area contributed by atoms with Gasteiger partial charge in [0.2, 0.25) is 11.8 Å². The Kier molecular flexibility index (Phi) is 6.64. The highest BCUT2D eigenvalue weighted by Gasteiger charge is 2.39. The van der Waals surface area contributed by atoms with Crippen LogP contribution in [0.3, 0.4) is 0 Å². The zero-order chi connectivity index (χ0) is 26.1. The summed E-state index contributed by atoms with van der Waals surface area (Å²) in [5.41, 5.74) is 1.95. The van der Waals surface area contributed by atoms with Crippen LogP contribution in [0.5, 0.6) is 0 Å². The normalized spacial score (nSPS) is 18.5. The van der Waals surface area contributed by atoms with Gasteiger partial charge in [-0.3, -0.25) is 24.5 Å². The quantitative estimate of drug-likeness (QED) is 0.378. The molecule has 0 bridgehead atoms. The lowest BCUT2D eigenvalue weighted by Crippen LogP contribution is -2.59. The Morgan fingerprint density at radius 3 is 2.51 bits per heavy atom. The first kappa shape index (κ1) is 24.5. The van der Waals surface area contributed by atoms with Gasteiger partial charge < -0.3 is 20.1 Å². The summed E-state index contributed by atoms with van der Waals surface area (Å²) in [4.78, 5) is 56.7. The van der Waals surface area contributed by atoms with Gasteiger partial charge in [0.1, 0.15) is 6.04 Å². The van der Waals surface area contributed by atoms with Crippen molar-refractivity contribution in [3.05, 3.63) is 76.0 Å². The lowest BCUT2D eigenvalue weighted by Gasteiger charge is -2.41. The van der Waals surface area contributed by atoms with E-state index < -0.39 is 16.9 Å². The topological polar surface area (TPSA) is 129 Å². The molecule has 1 saturated carbocycles. The van der Waals surface area contributed by atoms with Crippen LogP contribution in [-0.2, 0) is 16.0 Å². The molecule has 0 radical (unpaired) electrons. The summed E-state index contributed by atoms with van der Waals surface area (Å²) in [7, 11) is 0. The van der Waals surface area contributed by atoms with Crippen molar-refractivity contribution >= 4 is 34.3 Å². The number of amides is 3. The summed E-state index contributed by atoms with van der Waals surface area (Å²) in [6.07, 6.45) is 3.99. The summed E-state index contributed by atoms with van der Waals surface area (Å²) < 4.78 is 0. The predicted octanol–water partition coefficient (Wildman–Crippen LogP) is 2.89. The predicted molar refractivity (Wildman–Crippen MR) is 137 cm³/mol. The van der Waals surface area contributed by atoms with Gasteiger partial charge in [-0.05, 0) is 43.5 Å². The monoisotopic (exact) mass is 503 g/mol. The Bertz CT molecular complexity index is 1350. The standard InChI is InChI=1S/C27H29N5O5/c1-17-16-30(12-13-31(17)26(34)19-6-7-19)27(35)24(14-20-15-28-23-5-3-2-4-22(20)23)29-25(33)18-8-10-21(11-9-18)32(36)37/h2-5,8-11,15,17,19,24,28H,6-7,12-14,16H2,1H3,(H,29,33). The SMILES string of the molecule is CC1CN(C(=O)C(Cc2c[nH]c3ccccc23)NC(=O)c2ccc([N+](=O)[O-])cc2)CCN1C(=O)C1CC1. The molecule has 2 aliphatic rings. The van der Waals surface area contributed by atoms with Crippen LogP contribution < -0.4 is 5.32 Å². The fraction of sp³-hybridized carbons (Fsp3) is 0.370.